The van der Waals surface area contributed by atoms with Gasteiger partial charge in [-0.1, -0.05) is 133 Å². The molecule has 1 aliphatic rings. The van der Waals surface area contributed by atoms with Gasteiger partial charge < -0.3 is 4.90 Å². The molecule has 0 radical (unpaired) electrons. The van der Waals surface area contributed by atoms with Crippen LogP contribution in [0, 0.1) is 0 Å². The quantitative estimate of drug-likeness (QED) is 0.223. The standard InChI is InChI=1S/C40H27N/c1-3-12-28(13-4-1)29-22-24-31(25-23-29)41(30-14-5-2-6-15-30)39-27-26-37-35-19-10-8-17-33(35)32-16-7-9-18-34(32)36-20-11-21-38(39)40(36)37/h1-27H. The van der Waals surface area contributed by atoms with Crippen molar-refractivity contribution >= 4 is 27.8 Å². The molecular weight excluding hydrogens is 494 g/mol. The minimum absolute atomic E-state index is 1.13. The molecule has 0 fully saturated rings. The molecule has 7 aromatic carbocycles. The molecule has 0 N–H and O–H groups in total. The van der Waals surface area contributed by atoms with E-state index in [1.165, 1.54) is 61.0 Å². The summed E-state index contributed by atoms with van der Waals surface area (Å²) in [6, 6.07) is 59.2. The van der Waals surface area contributed by atoms with Crippen LogP contribution >= 0.6 is 0 Å². The van der Waals surface area contributed by atoms with E-state index < -0.39 is 0 Å². The Labute approximate surface area is 240 Å². The minimum atomic E-state index is 1.13. The lowest BCUT2D eigenvalue weighted by Gasteiger charge is -2.28. The Hall–Kier alpha value is -5.40. The molecule has 0 unspecified atom stereocenters. The van der Waals surface area contributed by atoms with Gasteiger partial charge in [-0.25, -0.2) is 0 Å². The molecule has 1 nitrogen and oxygen atoms in total. The maximum absolute atomic E-state index is 2.39. The normalized spacial score (nSPS) is 11.4. The van der Waals surface area contributed by atoms with Gasteiger partial charge in [0.1, 0.15) is 0 Å². The lowest BCUT2D eigenvalue weighted by molar-refractivity contribution is 1.30. The summed E-state index contributed by atoms with van der Waals surface area (Å²) >= 11 is 0. The van der Waals surface area contributed by atoms with Crippen LogP contribution in [0.3, 0.4) is 0 Å². The van der Waals surface area contributed by atoms with E-state index in [0.717, 1.165) is 11.4 Å². The average Bonchev–Trinajstić information content (AvgIpc) is 3.17. The van der Waals surface area contributed by atoms with Crippen LogP contribution in [0.25, 0.3) is 55.3 Å². The maximum atomic E-state index is 2.39. The van der Waals surface area contributed by atoms with E-state index in [9.17, 15) is 0 Å². The van der Waals surface area contributed by atoms with Gasteiger partial charge in [0, 0.05) is 16.8 Å². The Balaban J connectivity index is 1.39. The summed E-state index contributed by atoms with van der Waals surface area (Å²) in [5.41, 5.74) is 13.5. The largest absolute Gasteiger partial charge is 0.310 e. The smallest absolute Gasteiger partial charge is 0.0540 e. The van der Waals surface area contributed by atoms with E-state index in [1.54, 1.807) is 0 Å². The molecule has 0 heterocycles. The van der Waals surface area contributed by atoms with Crippen LogP contribution in [0.4, 0.5) is 17.1 Å². The first-order valence-electron chi connectivity index (χ1n) is 14.1. The highest BCUT2D eigenvalue weighted by molar-refractivity contribution is 6.17. The topological polar surface area (TPSA) is 3.24 Å². The molecular formula is C40H27N. The number of hydrogen-bond donors (Lipinski definition) is 0. The number of benzene rings is 7. The van der Waals surface area contributed by atoms with Crippen molar-refractivity contribution in [1.82, 2.24) is 0 Å². The second-order valence-electron chi connectivity index (χ2n) is 10.5. The van der Waals surface area contributed by atoms with Crippen molar-refractivity contribution in [2.75, 3.05) is 4.90 Å². The lowest BCUT2D eigenvalue weighted by Crippen LogP contribution is -2.10. The average molecular weight is 522 g/mol. The van der Waals surface area contributed by atoms with Crippen molar-refractivity contribution in [3.05, 3.63) is 164 Å². The van der Waals surface area contributed by atoms with Crippen molar-refractivity contribution in [3.63, 3.8) is 0 Å². The number of nitrogens with zero attached hydrogens (tertiary/aromatic N) is 1. The second-order valence-corrected chi connectivity index (χ2v) is 10.5. The summed E-state index contributed by atoms with van der Waals surface area (Å²) in [7, 11) is 0. The van der Waals surface area contributed by atoms with Gasteiger partial charge in [0.05, 0.1) is 5.69 Å². The first-order valence-corrected chi connectivity index (χ1v) is 14.1. The van der Waals surface area contributed by atoms with Crippen LogP contribution in [0.5, 0.6) is 0 Å². The number of anilines is 3. The summed E-state index contributed by atoms with van der Waals surface area (Å²) in [5, 5.41) is 2.53. The molecule has 0 bridgehead atoms. The fourth-order valence-electron chi connectivity index (χ4n) is 6.38. The monoisotopic (exact) mass is 521 g/mol. The number of fused-ring (bicyclic) bond motifs is 5. The lowest BCUT2D eigenvalue weighted by atomic mass is 9.92. The third-order valence-corrected chi connectivity index (χ3v) is 8.23. The van der Waals surface area contributed by atoms with Crippen LogP contribution < -0.4 is 4.90 Å². The fraction of sp³-hybridized carbons (Fsp3) is 0. The molecule has 41 heavy (non-hydrogen) atoms. The number of para-hydroxylation sites is 1. The Kier molecular flexibility index (Phi) is 5.53. The zero-order valence-corrected chi connectivity index (χ0v) is 22.5. The molecule has 1 heteroatoms. The van der Waals surface area contributed by atoms with E-state index in [0.29, 0.717) is 0 Å². The molecule has 0 amide bonds. The highest BCUT2D eigenvalue weighted by Crippen LogP contribution is 2.50. The molecule has 0 aromatic heterocycles. The van der Waals surface area contributed by atoms with Gasteiger partial charge in [-0.05, 0) is 80.2 Å². The Morgan fingerprint density at radius 1 is 0.293 bits per heavy atom. The molecule has 0 spiro atoms. The van der Waals surface area contributed by atoms with Crippen molar-refractivity contribution in [1.29, 1.82) is 0 Å². The summed E-state index contributed by atoms with van der Waals surface area (Å²) in [4.78, 5) is 2.39. The Morgan fingerprint density at radius 2 is 0.756 bits per heavy atom. The van der Waals surface area contributed by atoms with E-state index >= 15 is 0 Å². The third-order valence-electron chi connectivity index (χ3n) is 8.23. The SMILES string of the molecule is c1ccc(-c2ccc(N(c3ccccc3)c3ccc4c5c(cccc35)-c3ccccc3-c3ccccc3-4)cc2)cc1. The molecule has 1 aliphatic carbocycles. The van der Waals surface area contributed by atoms with E-state index in [-0.39, 0.29) is 0 Å². The van der Waals surface area contributed by atoms with Gasteiger partial charge in [-0.3, -0.25) is 0 Å². The predicted molar refractivity (Wildman–Crippen MR) is 174 cm³/mol. The van der Waals surface area contributed by atoms with Gasteiger partial charge in [-0.15, -0.1) is 0 Å². The van der Waals surface area contributed by atoms with Crippen molar-refractivity contribution in [2.45, 2.75) is 0 Å². The first kappa shape index (κ1) is 23.5. The van der Waals surface area contributed by atoms with Gasteiger partial charge in [0.25, 0.3) is 0 Å². The second kappa shape index (κ2) is 9.66. The Bertz CT molecular complexity index is 1970. The molecule has 0 atom stereocenters. The van der Waals surface area contributed by atoms with Crippen LogP contribution in [0.2, 0.25) is 0 Å². The van der Waals surface area contributed by atoms with Crippen LogP contribution in [-0.4, -0.2) is 0 Å². The molecule has 192 valence electrons. The van der Waals surface area contributed by atoms with E-state index in [4.69, 9.17) is 0 Å². The van der Waals surface area contributed by atoms with Crippen molar-refractivity contribution in [3.8, 4) is 44.5 Å². The first-order chi connectivity index (χ1) is 20.4. The highest BCUT2D eigenvalue weighted by Gasteiger charge is 2.24. The van der Waals surface area contributed by atoms with Gasteiger partial charge in [-0.2, -0.15) is 0 Å². The van der Waals surface area contributed by atoms with Crippen LogP contribution in [0.1, 0.15) is 0 Å². The molecule has 0 saturated heterocycles. The van der Waals surface area contributed by atoms with Crippen molar-refractivity contribution in [2.24, 2.45) is 0 Å². The molecule has 0 aliphatic heterocycles. The van der Waals surface area contributed by atoms with Gasteiger partial charge in [0.2, 0.25) is 0 Å². The van der Waals surface area contributed by atoms with Crippen LogP contribution in [0.15, 0.2) is 164 Å². The Morgan fingerprint density at radius 3 is 1.39 bits per heavy atom. The molecule has 0 saturated carbocycles. The zero-order chi connectivity index (χ0) is 27.2. The summed E-state index contributed by atoms with van der Waals surface area (Å²) in [5.74, 6) is 0. The summed E-state index contributed by atoms with van der Waals surface area (Å²) < 4.78 is 0. The van der Waals surface area contributed by atoms with Crippen molar-refractivity contribution < 1.29 is 0 Å². The minimum Gasteiger partial charge on any atom is -0.310 e. The predicted octanol–water partition coefficient (Wildman–Crippen LogP) is 11.3. The van der Waals surface area contributed by atoms with Gasteiger partial charge in [0.15, 0.2) is 0 Å². The number of rotatable bonds is 4. The highest BCUT2D eigenvalue weighted by atomic mass is 15.1. The summed E-state index contributed by atoms with van der Waals surface area (Å²) in [6.45, 7) is 0. The fourth-order valence-corrected chi connectivity index (χ4v) is 6.38. The zero-order valence-electron chi connectivity index (χ0n) is 22.5. The van der Waals surface area contributed by atoms with Gasteiger partial charge >= 0.3 is 0 Å². The van der Waals surface area contributed by atoms with Crippen LogP contribution in [-0.2, 0) is 0 Å². The molecule has 7 aromatic rings. The molecule has 8 rings (SSSR count). The van der Waals surface area contributed by atoms with E-state index in [1.807, 2.05) is 0 Å². The maximum Gasteiger partial charge on any atom is 0.0540 e. The van der Waals surface area contributed by atoms with E-state index in [2.05, 4.69) is 169 Å². The third kappa shape index (κ3) is 3.86. The summed E-state index contributed by atoms with van der Waals surface area (Å²) in [6.07, 6.45) is 0. The number of hydrogen-bond acceptors (Lipinski definition) is 1.